The number of carbonyl (C=O) groups excluding carboxylic acids is 2. The maximum atomic E-state index is 13.1. The van der Waals surface area contributed by atoms with Crippen LogP contribution in [0.4, 0.5) is 5.69 Å². The number of rotatable bonds is 4. The smallest absolute Gasteiger partial charge is 0.312 e. The van der Waals surface area contributed by atoms with Crippen molar-refractivity contribution in [1.82, 2.24) is 0 Å². The molecule has 2 saturated heterocycles. The number of benzene rings is 1. The van der Waals surface area contributed by atoms with Gasteiger partial charge in [-0.2, -0.15) is 0 Å². The molecule has 1 amide bonds. The second-order valence-electron chi connectivity index (χ2n) is 7.68. The summed E-state index contributed by atoms with van der Waals surface area (Å²) < 4.78 is 11.5. The molecule has 3 aliphatic rings. The predicted octanol–water partition coefficient (Wildman–Crippen LogP) is 2.48. The van der Waals surface area contributed by atoms with Gasteiger partial charge in [-0.1, -0.05) is 43.7 Å². The van der Waals surface area contributed by atoms with E-state index >= 15 is 0 Å². The first-order chi connectivity index (χ1) is 11.9. The molecular weight excluding hydrogens is 318 g/mol. The van der Waals surface area contributed by atoms with Crippen LogP contribution in [-0.4, -0.2) is 36.7 Å². The van der Waals surface area contributed by atoms with Crippen LogP contribution in [0.25, 0.3) is 0 Å². The zero-order chi connectivity index (χ0) is 17.8. The number of anilines is 1. The Morgan fingerprint density at radius 1 is 1.36 bits per heavy atom. The van der Waals surface area contributed by atoms with Crippen LogP contribution in [0, 0.1) is 24.7 Å². The van der Waals surface area contributed by atoms with Gasteiger partial charge in [0.2, 0.25) is 5.91 Å². The zero-order valence-corrected chi connectivity index (χ0v) is 14.8. The molecule has 4 atom stereocenters. The van der Waals surface area contributed by atoms with Crippen LogP contribution < -0.4 is 4.90 Å². The number of nitrogens with zero attached hydrogens (tertiary/aromatic N) is 1. The lowest BCUT2D eigenvalue weighted by atomic mass is 9.77. The van der Waals surface area contributed by atoms with Crippen LogP contribution in [0.2, 0.25) is 0 Å². The molecule has 0 radical (unpaired) electrons. The molecule has 0 saturated carbocycles. The molecule has 4 rings (SSSR count). The molecule has 1 spiro atoms. The number of ether oxygens (including phenoxy) is 2. The van der Waals surface area contributed by atoms with Gasteiger partial charge in [-0.15, -0.1) is 0 Å². The molecule has 3 heterocycles. The molecule has 25 heavy (non-hydrogen) atoms. The van der Waals surface area contributed by atoms with Gasteiger partial charge in [-0.3, -0.25) is 9.59 Å². The highest BCUT2D eigenvalue weighted by molar-refractivity contribution is 6.02. The van der Waals surface area contributed by atoms with Crippen molar-refractivity contribution in [3.8, 4) is 0 Å². The Kier molecular flexibility index (Phi) is 3.72. The fourth-order valence-electron chi connectivity index (χ4n) is 4.06. The highest BCUT2D eigenvalue weighted by Crippen LogP contribution is 2.52. The third-order valence-corrected chi connectivity index (χ3v) is 5.28. The van der Waals surface area contributed by atoms with Crippen molar-refractivity contribution in [3.63, 3.8) is 0 Å². The lowest BCUT2D eigenvalue weighted by Crippen LogP contribution is -2.40. The van der Waals surface area contributed by atoms with Crippen LogP contribution in [0.3, 0.4) is 0 Å². The van der Waals surface area contributed by atoms with Crippen molar-refractivity contribution < 1.29 is 19.1 Å². The molecule has 0 aliphatic carbocycles. The Labute approximate surface area is 147 Å². The number of amides is 1. The molecule has 5 heteroatoms. The summed E-state index contributed by atoms with van der Waals surface area (Å²) in [6, 6.07) is 7.84. The second kappa shape index (κ2) is 5.70. The minimum atomic E-state index is -0.700. The summed E-state index contributed by atoms with van der Waals surface area (Å²) in [6.07, 6.45) is 3.51. The molecule has 132 valence electrons. The molecule has 1 aromatic carbocycles. The predicted molar refractivity (Wildman–Crippen MR) is 93.1 cm³/mol. The van der Waals surface area contributed by atoms with Crippen molar-refractivity contribution >= 4 is 17.6 Å². The minimum Gasteiger partial charge on any atom is -0.465 e. The van der Waals surface area contributed by atoms with E-state index in [0.29, 0.717) is 13.2 Å². The van der Waals surface area contributed by atoms with Gasteiger partial charge >= 0.3 is 5.97 Å². The average Bonchev–Trinajstić information content (AvgIpc) is 3.22. The van der Waals surface area contributed by atoms with Crippen molar-refractivity contribution in [2.75, 3.05) is 18.1 Å². The monoisotopic (exact) mass is 341 g/mol. The molecule has 0 aromatic heterocycles. The summed E-state index contributed by atoms with van der Waals surface area (Å²) in [5, 5.41) is 0. The normalized spacial score (nSPS) is 32.6. The summed E-state index contributed by atoms with van der Waals surface area (Å²) in [4.78, 5) is 27.5. The maximum Gasteiger partial charge on any atom is 0.312 e. The number of carbonyl (C=O) groups is 2. The Balaban J connectivity index is 1.61. The highest BCUT2D eigenvalue weighted by Gasteiger charge is 2.67. The van der Waals surface area contributed by atoms with E-state index in [0.717, 1.165) is 11.3 Å². The van der Waals surface area contributed by atoms with Crippen molar-refractivity contribution in [2.45, 2.75) is 32.5 Å². The average molecular weight is 341 g/mol. The Hall–Kier alpha value is -2.14. The fraction of sp³-hybridized carbons (Fsp3) is 0.500. The lowest BCUT2D eigenvalue weighted by Gasteiger charge is -2.23. The van der Waals surface area contributed by atoms with E-state index in [4.69, 9.17) is 9.47 Å². The van der Waals surface area contributed by atoms with Gasteiger partial charge in [0.15, 0.2) is 0 Å². The summed E-state index contributed by atoms with van der Waals surface area (Å²) in [6.45, 7) is 6.80. The van der Waals surface area contributed by atoms with Gasteiger partial charge in [0.1, 0.15) is 11.5 Å². The van der Waals surface area contributed by atoms with Crippen LogP contribution in [0.5, 0.6) is 0 Å². The first-order valence-electron chi connectivity index (χ1n) is 8.83. The maximum absolute atomic E-state index is 13.1. The van der Waals surface area contributed by atoms with Crippen LogP contribution in [0.1, 0.15) is 19.4 Å². The lowest BCUT2D eigenvalue weighted by molar-refractivity contribution is -0.153. The van der Waals surface area contributed by atoms with Gasteiger partial charge in [0.25, 0.3) is 0 Å². The molecule has 2 bridgehead atoms. The molecular formula is C20H23NO4. The van der Waals surface area contributed by atoms with Crippen LogP contribution in [0.15, 0.2) is 36.4 Å². The summed E-state index contributed by atoms with van der Waals surface area (Å²) in [5.41, 5.74) is 1.28. The first kappa shape index (κ1) is 16.3. The van der Waals surface area contributed by atoms with Gasteiger partial charge in [0, 0.05) is 5.69 Å². The third kappa shape index (κ3) is 2.49. The number of hydrogen-bond acceptors (Lipinski definition) is 4. The Morgan fingerprint density at radius 3 is 2.76 bits per heavy atom. The molecule has 3 aliphatic heterocycles. The second-order valence-corrected chi connectivity index (χ2v) is 7.68. The molecule has 5 nitrogen and oxygen atoms in total. The topological polar surface area (TPSA) is 55.8 Å². The fourth-order valence-corrected chi connectivity index (χ4v) is 4.06. The van der Waals surface area contributed by atoms with Gasteiger partial charge in [0.05, 0.1) is 25.2 Å². The van der Waals surface area contributed by atoms with Crippen LogP contribution in [-0.2, 0) is 19.1 Å². The Bertz CT molecular complexity index is 739. The standard InChI is InChI=1S/C20H23NO4/c1-12(2)10-24-19(23)16-15-8-9-20(25-15)11-21(18(22)17(16)20)14-6-4-13(3)5-7-14/h4-9,12,15-17H,10-11H2,1-3H3/t15-,16-,17+,20-/m0/s1. The van der Waals surface area contributed by atoms with Crippen LogP contribution >= 0.6 is 0 Å². The summed E-state index contributed by atoms with van der Waals surface area (Å²) >= 11 is 0. The van der Waals surface area contributed by atoms with Crippen molar-refractivity contribution in [1.29, 1.82) is 0 Å². The van der Waals surface area contributed by atoms with E-state index in [2.05, 4.69) is 0 Å². The molecule has 2 fully saturated rings. The van der Waals surface area contributed by atoms with Gasteiger partial charge < -0.3 is 14.4 Å². The third-order valence-electron chi connectivity index (χ3n) is 5.28. The van der Waals surface area contributed by atoms with E-state index in [1.807, 2.05) is 57.2 Å². The van der Waals surface area contributed by atoms with E-state index in [1.165, 1.54) is 0 Å². The zero-order valence-electron chi connectivity index (χ0n) is 14.8. The van der Waals surface area contributed by atoms with Gasteiger partial charge in [-0.05, 0) is 25.0 Å². The first-order valence-corrected chi connectivity index (χ1v) is 8.83. The number of fused-ring (bicyclic) bond motifs is 1. The van der Waals surface area contributed by atoms with Gasteiger partial charge in [-0.25, -0.2) is 0 Å². The molecule has 0 unspecified atom stereocenters. The van der Waals surface area contributed by atoms with Crippen molar-refractivity contribution in [3.05, 3.63) is 42.0 Å². The van der Waals surface area contributed by atoms with E-state index in [1.54, 1.807) is 4.90 Å². The quantitative estimate of drug-likeness (QED) is 0.624. The number of hydrogen-bond donors (Lipinski definition) is 0. The summed E-state index contributed by atoms with van der Waals surface area (Å²) in [7, 11) is 0. The number of aryl methyl sites for hydroxylation is 1. The SMILES string of the molecule is Cc1ccc(N2C[C@]34C=C[C@H](O3)[C@H](C(=O)OCC(C)C)[C@@H]4C2=O)cc1. The van der Waals surface area contributed by atoms with E-state index in [-0.39, 0.29) is 23.9 Å². The molecule has 0 N–H and O–H groups in total. The summed E-state index contributed by atoms with van der Waals surface area (Å²) in [5.74, 6) is -1.16. The largest absolute Gasteiger partial charge is 0.465 e. The Morgan fingerprint density at radius 2 is 2.08 bits per heavy atom. The molecule has 1 aromatic rings. The van der Waals surface area contributed by atoms with Crippen molar-refractivity contribution in [2.24, 2.45) is 17.8 Å². The minimum absolute atomic E-state index is 0.0535. The number of esters is 1. The van der Waals surface area contributed by atoms with E-state index < -0.39 is 17.4 Å². The highest BCUT2D eigenvalue weighted by atomic mass is 16.6. The van der Waals surface area contributed by atoms with E-state index in [9.17, 15) is 9.59 Å².